The number of amides is 1. The summed E-state index contributed by atoms with van der Waals surface area (Å²) in [5.41, 5.74) is -2.46. The molecule has 0 saturated heterocycles. The van der Waals surface area contributed by atoms with Crippen LogP contribution in [0.25, 0.3) is 5.69 Å². The fraction of sp³-hybridized carbons (Fsp3) is 0.409. The van der Waals surface area contributed by atoms with Crippen LogP contribution in [0.5, 0.6) is 0 Å². The number of nitrogens with zero attached hydrogens (tertiary/aromatic N) is 4. The molecule has 1 fully saturated rings. The second-order valence-corrected chi connectivity index (χ2v) is 8.19. The van der Waals surface area contributed by atoms with Gasteiger partial charge in [0.05, 0.1) is 11.3 Å². The topological polar surface area (TPSA) is 103 Å². The van der Waals surface area contributed by atoms with Crippen LogP contribution in [0.2, 0.25) is 0 Å². The minimum Gasteiger partial charge on any atom is -0.340 e. The lowest BCUT2D eigenvalue weighted by Crippen LogP contribution is -2.49. The van der Waals surface area contributed by atoms with E-state index in [1.54, 1.807) is 6.92 Å². The fourth-order valence-corrected chi connectivity index (χ4v) is 4.11. The largest absolute Gasteiger partial charge is 0.416 e. The zero-order valence-corrected chi connectivity index (χ0v) is 18.1. The van der Waals surface area contributed by atoms with Crippen LogP contribution < -0.4 is 10.7 Å². The van der Waals surface area contributed by atoms with Crippen molar-refractivity contribution in [3.05, 3.63) is 69.2 Å². The Morgan fingerprint density at radius 2 is 1.88 bits per heavy atom. The second-order valence-electron chi connectivity index (χ2n) is 8.19. The van der Waals surface area contributed by atoms with Gasteiger partial charge in [0.2, 0.25) is 11.3 Å². The SMILES string of the molecule is Cc1nc(C2(NC(=O)c3nn(-c4cccc(C(F)(F)F)c4)c(C)cc3=O)CCCCC2)no1. The molecule has 8 nitrogen and oxygen atoms in total. The molecule has 0 bridgehead atoms. The molecule has 11 heteroatoms. The molecular formula is C22H22F3N5O3. The van der Waals surface area contributed by atoms with E-state index in [1.165, 1.54) is 25.1 Å². The van der Waals surface area contributed by atoms with Crippen molar-refractivity contribution in [2.24, 2.45) is 0 Å². The predicted molar refractivity (Wildman–Crippen MR) is 111 cm³/mol. The first-order valence-electron chi connectivity index (χ1n) is 10.5. The molecule has 2 aromatic heterocycles. The van der Waals surface area contributed by atoms with Crippen molar-refractivity contribution in [3.8, 4) is 5.69 Å². The summed E-state index contributed by atoms with van der Waals surface area (Å²) in [6, 6.07) is 5.69. The molecule has 1 aliphatic carbocycles. The van der Waals surface area contributed by atoms with Crippen LogP contribution in [-0.2, 0) is 11.7 Å². The maximum atomic E-state index is 13.2. The lowest BCUT2D eigenvalue weighted by molar-refractivity contribution is -0.137. The Labute approximate surface area is 186 Å². The quantitative estimate of drug-likeness (QED) is 0.633. The van der Waals surface area contributed by atoms with Crippen molar-refractivity contribution < 1.29 is 22.5 Å². The van der Waals surface area contributed by atoms with Crippen molar-refractivity contribution in [1.82, 2.24) is 25.2 Å². The Morgan fingerprint density at radius 3 is 2.52 bits per heavy atom. The van der Waals surface area contributed by atoms with Crippen LogP contribution in [0.15, 0.2) is 39.6 Å². The van der Waals surface area contributed by atoms with Gasteiger partial charge in [-0.25, -0.2) is 4.68 Å². The molecule has 0 radical (unpaired) electrons. The fourth-order valence-electron chi connectivity index (χ4n) is 4.11. The van der Waals surface area contributed by atoms with Gasteiger partial charge in [0.25, 0.3) is 5.91 Å². The van der Waals surface area contributed by atoms with Crippen LogP contribution in [0.4, 0.5) is 13.2 Å². The molecule has 0 aliphatic heterocycles. The van der Waals surface area contributed by atoms with Gasteiger partial charge in [-0.3, -0.25) is 9.59 Å². The van der Waals surface area contributed by atoms with Crippen molar-refractivity contribution >= 4 is 5.91 Å². The highest BCUT2D eigenvalue weighted by atomic mass is 19.4. The standard InChI is InChI=1S/C22H22F3N5O3/c1-13-11-17(31)18(28-30(13)16-8-6-7-15(12-16)22(23,24)25)19(32)27-21(9-4-3-5-10-21)20-26-14(2)33-29-20/h6-8,11-12H,3-5,9-10H2,1-2H3,(H,27,32). The van der Waals surface area contributed by atoms with Gasteiger partial charge in [0.15, 0.2) is 11.5 Å². The van der Waals surface area contributed by atoms with E-state index in [-0.39, 0.29) is 11.4 Å². The van der Waals surface area contributed by atoms with Gasteiger partial charge in [-0.1, -0.05) is 30.5 Å². The monoisotopic (exact) mass is 461 g/mol. The van der Waals surface area contributed by atoms with E-state index < -0.39 is 34.3 Å². The summed E-state index contributed by atoms with van der Waals surface area (Å²) < 4.78 is 45.7. The van der Waals surface area contributed by atoms with E-state index in [1.807, 2.05) is 0 Å². The van der Waals surface area contributed by atoms with Crippen molar-refractivity contribution in [2.45, 2.75) is 57.7 Å². The van der Waals surface area contributed by atoms with E-state index in [4.69, 9.17) is 4.52 Å². The van der Waals surface area contributed by atoms with E-state index >= 15 is 0 Å². The molecule has 1 N–H and O–H groups in total. The maximum Gasteiger partial charge on any atom is 0.416 e. The Balaban J connectivity index is 1.72. The number of carbonyl (C=O) groups is 1. The molecule has 1 saturated carbocycles. The number of carbonyl (C=O) groups excluding carboxylic acids is 1. The van der Waals surface area contributed by atoms with Gasteiger partial charge < -0.3 is 9.84 Å². The molecule has 4 rings (SSSR count). The van der Waals surface area contributed by atoms with Crippen LogP contribution in [0.1, 0.15) is 65.6 Å². The molecule has 1 aliphatic rings. The molecule has 1 aromatic carbocycles. The van der Waals surface area contributed by atoms with Crippen LogP contribution >= 0.6 is 0 Å². The molecule has 0 atom stereocenters. The molecule has 2 heterocycles. The third kappa shape index (κ3) is 4.53. The Morgan fingerprint density at radius 1 is 1.15 bits per heavy atom. The molecular weight excluding hydrogens is 439 g/mol. The highest BCUT2D eigenvalue weighted by Crippen LogP contribution is 2.36. The summed E-state index contributed by atoms with van der Waals surface area (Å²) in [7, 11) is 0. The van der Waals surface area contributed by atoms with Crippen LogP contribution in [0.3, 0.4) is 0 Å². The van der Waals surface area contributed by atoms with Crippen LogP contribution in [-0.4, -0.2) is 25.8 Å². The number of aryl methyl sites for hydroxylation is 2. The van der Waals surface area contributed by atoms with Gasteiger partial charge in [0.1, 0.15) is 5.54 Å². The number of benzene rings is 1. The van der Waals surface area contributed by atoms with E-state index in [9.17, 15) is 22.8 Å². The van der Waals surface area contributed by atoms with Gasteiger partial charge in [-0.05, 0) is 38.0 Å². The van der Waals surface area contributed by atoms with Gasteiger partial charge in [-0.2, -0.15) is 23.3 Å². The first kappa shape index (κ1) is 22.7. The smallest absolute Gasteiger partial charge is 0.340 e. The Kier molecular flexibility index (Phi) is 5.81. The number of alkyl halides is 3. The third-order valence-corrected chi connectivity index (χ3v) is 5.76. The predicted octanol–water partition coefficient (Wildman–Crippen LogP) is 3.84. The van der Waals surface area contributed by atoms with E-state index in [0.29, 0.717) is 24.6 Å². The summed E-state index contributed by atoms with van der Waals surface area (Å²) in [6.07, 6.45) is -0.789. The molecule has 33 heavy (non-hydrogen) atoms. The highest BCUT2D eigenvalue weighted by molar-refractivity contribution is 5.92. The summed E-state index contributed by atoms with van der Waals surface area (Å²) in [4.78, 5) is 30.1. The van der Waals surface area contributed by atoms with E-state index in [0.717, 1.165) is 36.1 Å². The molecule has 174 valence electrons. The minimum atomic E-state index is -4.54. The third-order valence-electron chi connectivity index (χ3n) is 5.76. The number of rotatable bonds is 4. The summed E-state index contributed by atoms with van der Waals surface area (Å²) in [5, 5.41) is 11.0. The van der Waals surface area contributed by atoms with E-state index in [2.05, 4.69) is 20.6 Å². The summed E-state index contributed by atoms with van der Waals surface area (Å²) >= 11 is 0. The lowest BCUT2D eigenvalue weighted by Gasteiger charge is -2.35. The first-order chi connectivity index (χ1) is 15.6. The van der Waals surface area contributed by atoms with Crippen molar-refractivity contribution in [1.29, 1.82) is 0 Å². The van der Waals surface area contributed by atoms with Gasteiger partial charge >= 0.3 is 6.18 Å². The number of halogens is 3. The summed E-state index contributed by atoms with van der Waals surface area (Å²) in [6.45, 7) is 3.17. The average Bonchev–Trinajstić information content (AvgIpc) is 3.21. The second kappa shape index (κ2) is 8.45. The minimum absolute atomic E-state index is 0.0811. The number of aromatic nitrogens is 4. The number of hydrogen-bond acceptors (Lipinski definition) is 6. The zero-order valence-electron chi connectivity index (χ0n) is 18.1. The average molecular weight is 461 g/mol. The Bertz CT molecular complexity index is 1240. The summed E-state index contributed by atoms with van der Waals surface area (Å²) in [5.74, 6) is -0.0620. The lowest BCUT2D eigenvalue weighted by atomic mass is 9.81. The van der Waals surface area contributed by atoms with Gasteiger partial charge in [0, 0.05) is 18.7 Å². The number of hydrogen-bond donors (Lipinski definition) is 1. The Hall–Kier alpha value is -3.50. The van der Waals surface area contributed by atoms with Crippen molar-refractivity contribution in [2.75, 3.05) is 0 Å². The number of nitrogens with one attached hydrogen (secondary N) is 1. The first-order valence-corrected chi connectivity index (χ1v) is 10.5. The molecule has 3 aromatic rings. The van der Waals surface area contributed by atoms with Gasteiger partial charge in [-0.15, -0.1) is 0 Å². The zero-order chi connectivity index (χ0) is 23.8. The normalized spacial score (nSPS) is 15.9. The van der Waals surface area contributed by atoms with Crippen molar-refractivity contribution in [3.63, 3.8) is 0 Å². The maximum absolute atomic E-state index is 13.2. The highest BCUT2D eigenvalue weighted by Gasteiger charge is 2.40. The van der Waals surface area contributed by atoms with Crippen LogP contribution in [0, 0.1) is 13.8 Å². The molecule has 0 unspecified atom stereocenters. The molecule has 0 spiro atoms. The molecule has 1 amide bonds.